The Morgan fingerprint density at radius 3 is 2.95 bits per heavy atom. The van der Waals surface area contributed by atoms with E-state index in [2.05, 4.69) is 18.9 Å². The van der Waals surface area contributed by atoms with Gasteiger partial charge >= 0.3 is 5.97 Å². The van der Waals surface area contributed by atoms with E-state index in [1.54, 1.807) is 0 Å². The van der Waals surface area contributed by atoms with Crippen molar-refractivity contribution in [2.75, 3.05) is 20.3 Å². The number of nitrogens with zero attached hydrogens (tertiary/aromatic N) is 3. The number of ether oxygens (including phenoxy) is 1. The second kappa shape index (κ2) is 5.71. The lowest BCUT2D eigenvalue weighted by molar-refractivity contribution is -0.143. The molecule has 0 bridgehead atoms. The maximum atomic E-state index is 11.1. The summed E-state index contributed by atoms with van der Waals surface area (Å²) in [5.74, 6) is -1.24. The van der Waals surface area contributed by atoms with E-state index in [1.165, 1.54) is 0 Å². The highest BCUT2D eigenvalue weighted by Crippen LogP contribution is 2.20. The lowest BCUT2D eigenvalue weighted by atomic mass is 10.0. The van der Waals surface area contributed by atoms with Crippen LogP contribution in [0.4, 0.5) is 0 Å². The van der Waals surface area contributed by atoms with E-state index in [0.717, 1.165) is 5.69 Å². The highest BCUT2D eigenvalue weighted by Gasteiger charge is 2.36. The number of hydrogen-bond donors (Lipinski definition) is 1. The molecule has 0 saturated carbocycles. The summed E-state index contributed by atoms with van der Waals surface area (Å²) >= 11 is 0. The Kier molecular flexibility index (Phi) is 4.21. The summed E-state index contributed by atoms with van der Waals surface area (Å²) in [6, 6.07) is 2.23. The van der Waals surface area contributed by atoms with Gasteiger partial charge in [0.2, 0.25) is 0 Å². The minimum atomic E-state index is -0.790. The van der Waals surface area contributed by atoms with Crippen molar-refractivity contribution in [3.63, 3.8) is 0 Å². The van der Waals surface area contributed by atoms with Gasteiger partial charge in [-0.1, -0.05) is 0 Å². The maximum absolute atomic E-state index is 11.1. The summed E-state index contributed by atoms with van der Waals surface area (Å²) in [5, 5.41) is 13.6. The number of likely N-dealkylation sites (N-methyl/N-ethyl adjacent to an activating group) is 1. The van der Waals surface area contributed by atoms with Crippen molar-refractivity contribution >= 4 is 5.97 Å². The van der Waals surface area contributed by atoms with Gasteiger partial charge in [-0.05, 0) is 27.0 Å². The molecule has 0 aromatic carbocycles. The van der Waals surface area contributed by atoms with E-state index in [-0.39, 0.29) is 6.04 Å². The van der Waals surface area contributed by atoms with Crippen molar-refractivity contribution in [3.8, 4) is 0 Å². The lowest BCUT2D eigenvalue weighted by Gasteiger charge is -2.25. The molecule has 1 aliphatic heterocycles. The summed E-state index contributed by atoms with van der Waals surface area (Å²) in [4.78, 5) is 13.1. The van der Waals surface area contributed by atoms with Crippen LogP contribution in [0, 0.1) is 5.92 Å². The van der Waals surface area contributed by atoms with Crippen molar-refractivity contribution in [2.45, 2.75) is 32.5 Å². The third-order valence-corrected chi connectivity index (χ3v) is 3.54. The van der Waals surface area contributed by atoms with E-state index in [0.29, 0.717) is 25.8 Å². The lowest BCUT2D eigenvalue weighted by Crippen LogP contribution is -2.40. The van der Waals surface area contributed by atoms with E-state index in [1.807, 2.05) is 28.9 Å². The fraction of sp³-hybridized carbons (Fsp3) is 0.692. The summed E-state index contributed by atoms with van der Waals surface area (Å²) in [7, 11) is 1.92. The number of aromatic nitrogens is 2. The normalized spacial score (nSPS) is 23.4. The SMILES string of the molecule is CC(C)n1ccc(CN(C)C2COCC2C(=O)O)n1. The third kappa shape index (κ3) is 3.13. The first-order valence-electron chi connectivity index (χ1n) is 6.54. The van der Waals surface area contributed by atoms with Crippen LogP contribution in [-0.4, -0.2) is 52.1 Å². The average Bonchev–Trinajstić information content (AvgIpc) is 2.96. The molecule has 1 N–H and O–H groups in total. The summed E-state index contributed by atoms with van der Waals surface area (Å²) in [6.45, 7) is 5.55. The Hall–Kier alpha value is -1.40. The molecule has 6 heteroatoms. The van der Waals surface area contributed by atoms with E-state index in [9.17, 15) is 4.79 Å². The number of aliphatic carboxylic acids is 1. The fourth-order valence-corrected chi connectivity index (χ4v) is 2.34. The Labute approximate surface area is 113 Å². The zero-order chi connectivity index (χ0) is 14.0. The topological polar surface area (TPSA) is 67.6 Å². The van der Waals surface area contributed by atoms with Gasteiger partial charge in [-0.15, -0.1) is 0 Å². The number of carboxylic acid groups (broad SMARTS) is 1. The summed E-state index contributed by atoms with van der Waals surface area (Å²) in [6.07, 6.45) is 1.95. The van der Waals surface area contributed by atoms with Crippen LogP contribution in [0.3, 0.4) is 0 Å². The first-order valence-corrected chi connectivity index (χ1v) is 6.54. The number of carboxylic acids is 1. The van der Waals surface area contributed by atoms with Crippen LogP contribution in [0.15, 0.2) is 12.3 Å². The molecular weight excluding hydrogens is 246 g/mol. The van der Waals surface area contributed by atoms with Crippen LogP contribution in [0.1, 0.15) is 25.6 Å². The molecule has 19 heavy (non-hydrogen) atoms. The molecule has 0 aliphatic carbocycles. The smallest absolute Gasteiger partial charge is 0.310 e. The standard InChI is InChI=1S/C13H21N3O3/c1-9(2)16-5-4-10(14-16)6-15(3)12-8-19-7-11(12)13(17)18/h4-5,9,11-12H,6-8H2,1-3H3,(H,17,18). The van der Waals surface area contributed by atoms with Gasteiger partial charge in [-0.25, -0.2) is 0 Å². The summed E-state index contributed by atoms with van der Waals surface area (Å²) < 4.78 is 7.19. The van der Waals surface area contributed by atoms with Gasteiger partial charge in [0.1, 0.15) is 0 Å². The molecule has 2 heterocycles. The minimum absolute atomic E-state index is 0.0818. The van der Waals surface area contributed by atoms with Crippen LogP contribution in [0.5, 0.6) is 0 Å². The van der Waals surface area contributed by atoms with Crippen molar-refractivity contribution in [3.05, 3.63) is 18.0 Å². The van der Waals surface area contributed by atoms with E-state index < -0.39 is 11.9 Å². The molecule has 0 spiro atoms. The van der Waals surface area contributed by atoms with Gasteiger partial charge in [0.05, 0.1) is 24.8 Å². The van der Waals surface area contributed by atoms with Crippen molar-refractivity contribution in [1.29, 1.82) is 0 Å². The first kappa shape index (κ1) is 14.0. The highest BCUT2D eigenvalue weighted by molar-refractivity contribution is 5.71. The van der Waals surface area contributed by atoms with E-state index >= 15 is 0 Å². The molecule has 1 aromatic heterocycles. The van der Waals surface area contributed by atoms with Crippen molar-refractivity contribution < 1.29 is 14.6 Å². The molecule has 2 atom stereocenters. The number of hydrogen-bond acceptors (Lipinski definition) is 4. The molecule has 1 aromatic rings. The second-order valence-corrected chi connectivity index (χ2v) is 5.35. The molecule has 106 valence electrons. The van der Waals surface area contributed by atoms with Crippen LogP contribution in [0.2, 0.25) is 0 Å². The molecule has 1 aliphatic rings. The van der Waals surface area contributed by atoms with Crippen LogP contribution < -0.4 is 0 Å². The maximum Gasteiger partial charge on any atom is 0.310 e. The van der Waals surface area contributed by atoms with Crippen LogP contribution >= 0.6 is 0 Å². The quantitative estimate of drug-likeness (QED) is 0.862. The Morgan fingerprint density at radius 1 is 1.63 bits per heavy atom. The zero-order valence-electron chi connectivity index (χ0n) is 11.6. The molecule has 2 unspecified atom stereocenters. The van der Waals surface area contributed by atoms with Crippen molar-refractivity contribution in [2.24, 2.45) is 5.92 Å². The monoisotopic (exact) mass is 267 g/mol. The minimum Gasteiger partial charge on any atom is -0.481 e. The van der Waals surface area contributed by atoms with Gasteiger partial charge < -0.3 is 9.84 Å². The van der Waals surface area contributed by atoms with Gasteiger partial charge in [-0.3, -0.25) is 14.4 Å². The predicted octanol–water partition coefficient (Wildman–Crippen LogP) is 0.995. The summed E-state index contributed by atoms with van der Waals surface area (Å²) in [5.41, 5.74) is 0.951. The van der Waals surface area contributed by atoms with Gasteiger partial charge in [0.15, 0.2) is 0 Å². The van der Waals surface area contributed by atoms with Crippen LogP contribution in [0.25, 0.3) is 0 Å². The molecule has 0 radical (unpaired) electrons. The van der Waals surface area contributed by atoms with Gasteiger partial charge in [0.25, 0.3) is 0 Å². The predicted molar refractivity (Wildman–Crippen MR) is 69.8 cm³/mol. The Bertz CT molecular complexity index is 444. The van der Waals surface area contributed by atoms with Gasteiger partial charge in [-0.2, -0.15) is 5.10 Å². The highest BCUT2D eigenvalue weighted by atomic mass is 16.5. The van der Waals surface area contributed by atoms with Crippen molar-refractivity contribution in [1.82, 2.24) is 14.7 Å². The Balaban J connectivity index is 1.99. The second-order valence-electron chi connectivity index (χ2n) is 5.35. The molecule has 1 fully saturated rings. The largest absolute Gasteiger partial charge is 0.481 e. The zero-order valence-corrected chi connectivity index (χ0v) is 11.6. The molecule has 6 nitrogen and oxygen atoms in total. The first-order chi connectivity index (χ1) is 8.99. The third-order valence-electron chi connectivity index (χ3n) is 3.54. The molecule has 2 rings (SSSR count). The number of rotatable bonds is 5. The van der Waals surface area contributed by atoms with E-state index in [4.69, 9.17) is 9.84 Å². The van der Waals surface area contributed by atoms with Crippen LogP contribution in [-0.2, 0) is 16.1 Å². The van der Waals surface area contributed by atoms with Gasteiger partial charge in [0, 0.05) is 24.8 Å². The average molecular weight is 267 g/mol. The fourth-order valence-electron chi connectivity index (χ4n) is 2.34. The molecule has 0 amide bonds. The number of carbonyl (C=O) groups is 1. The molecule has 1 saturated heterocycles. The molecular formula is C13H21N3O3. The Morgan fingerprint density at radius 2 is 2.37 bits per heavy atom.